The molecule has 2 aromatic rings. The van der Waals surface area contributed by atoms with E-state index in [1.165, 1.54) is 43.0 Å². The minimum absolute atomic E-state index is 0.622. The van der Waals surface area contributed by atoms with Gasteiger partial charge in [-0.3, -0.25) is 0 Å². The summed E-state index contributed by atoms with van der Waals surface area (Å²) in [6, 6.07) is 0.622. The lowest BCUT2D eigenvalue weighted by molar-refractivity contribution is 0.627. The average molecular weight is 314 g/mol. The predicted molar refractivity (Wildman–Crippen MR) is 74.7 cm³/mol. The fourth-order valence-corrected chi connectivity index (χ4v) is 3.84. The quantitative estimate of drug-likeness (QED) is 0.793. The van der Waals surface area contributed by atoms with E-state index in [-0.39, 0.29) is 0 Å². The Morgan fingerprint density at radius 3 is 2.68 bits per heavy atom. The van der Waals surface area contributed by atoms with Crippen molar-refractivity contribution in [2.45, 2.75) is 48.6 Å². The van der Waals surface area contributed by atoms with E-state index in [0.717, 1.165) is 10.9 Å². The van der Waals surface area contributed by atoms with Crippen LogP contribution in [0.25, 0.3) is 0 Å². The maximum atomic E-state index is 6.02. The average Bonchev–Trinajstić information content (AvgIpc) is 3.33. The molecular formula is C11H12ClN5S2. The molecule has 0 radical (unpaired) electrons. The lowest BCUT2D eigenvalue weighted by Gasteiger charge is -2.07. The summed E-state index contributed by atoms with van der Waals surface area (Å²) < 4.78 is 6.87. The summed E-state index contributed by atoms with van der Waals surface area (Å²) in [6.07, 6.45) is 5.03. The van der Waals surface area contributed by atoms with E-state index in [2.05, 4.69) is 24.4 Å². The summed E-state index contributed by atoms with van der Waals surface area (Å²) in [6.45, 7) is 0. The Morgan fingerprint density at radius 1 is 1.21 bits per heavy atom. The number of nitrogens with zero attached hydrogens (tertiary/aromatic N) is 5. The monoisotopic (exact) mass is 313 g/mol. The van der Waals surface area contributed by atoms with Gasteiger partial charge in [-0.2, -0.15) is 0 Å². The first-order valence-corrected chi connectivity index (χ1v) is 8.51. The van der Waals surface area contributed by atoms with Crippen molar-refractivity contribution in [3.8, 4) is 0 Å². The van der Waals surface area contributed by atoms with Crippen molar-refractivity contribution in [1.82, 2.24) is 24.4 Å². The van der Waals surface area contributed by atoms with Crippen LogP contribution in [0.1, 0.15) is 49.2 Å². The summed E-state index contributed by atoms with van der Waals surface area (Å²) in [5.74, 6) is 2.55. The number of hydrogen-bond donors (Lipinski definition) is 0. The van der Waals surface area contributed by atoms with Gasteiger partial charge in [0.25, 0.3) is 0 Å². The molecule has 2 aliphatic rings. The van der Waals surface area contributed by atoms with Gasteiger partial charge in [0.2, 0.25) is 0 Å². The second-order valence-electron chi connectivity index (χ2n) is 5.00. The summed E-state index contributed by atoms with van der Waals surface area (Å²) in [5, 5.41) is 13.8. The van der Waals surface area contributed by atoms with Gasteiger partial charge in [-0.25, -0.2) is 0 Å². The molecule has 0 aromatic carbocycles. The largest absolute Gasteiger partial charge is 0.303 e. The van der Waals surface area contributed by atoms with Crippen LogP contribution in [0.4, 0.5) is 0 Å². The van der Waals surface area contributed by atoms with Crippen molar-refractivity contribution in [2.24, 2.45) is 0 Å². The highest BCUT2D eigenvalue weighted by Gasteiger charge is 2.36. The highest BCUT2D eigenvalue weighted by molar-refractivity contribution is 7.98. The molecule has 0 unspecified atom stereocenters. The van der Waals surface area contributed by atoms with Crippen LogP contribution in [0.5, 0.6) is 0 Å². The summed E-state index contributed by atoms with van der Waals surface area (Å²) in [4.78, 5) is 0. The first kappa shape index (κ1) is 12.1. The van der Waals surface area contributed by atoms with E-state index in [1.54, 1.807) is 11.8 Å². The molecule has 19 heavy (non-hydrogen) atoms. The van der Waals surface area contributed by atoms with E-state index in [9.17, 15) is 0 Å². The molecule has 0 N–H and O–H groups in total. The van der Waals surface area contributed by atoms with Gasteiger partial charge in [-0.05, 0) is 25.7 Å². The molecule has 0 bridgehead atoms. The van der Waals surface area contributed by atoms with E-state index >= 15 is 0 Å². The SMILES string of the molecule is Clc1snnc1CSc1nnc(C2CC2)n1C1CC1. The van der Waals surface area contributed by atoms with Crippen LogP contribution in [0, 0.1) is 0 Å². The van der Waals surface area contributed by atoms with Crippen molar-refractivity contribution >= 4 is 34.9 Å². The number of halogens is 1. The third-order valence-corrected chi connectivity index (χ3v) is 5.33. The zero-order valence-electron chi connectivity index (χ0n) is 10.1. The Hall–Kier alpha value is -0.660. The Labute approximate surface area is 123 Å². The third-order valence-electron chi connectivity index (χ3n) is 3.39. The van der Waals surface area contributed by atoms with Crippen LogP contribution in [0.15, 0.2) is 5.16 Å². The molecule has 0 aliphatic heterocycles. The molecule has 100 valence electrons. The smallest absolute Gasteiger partial charge is 0.191 e. The molecule has 0 atom stereocenters. The molecule has 4 rings (SSSR count). The summed E-state index contributed by atoms with van der Waals surface area (Å²) >= 11 is 8.92. The molecule has 8 heteroatoms. The number of rotatable bonds is 5. The minimum atomic E-state index is 0.622. The number of hydrogen-bond acceptors (Lipinski definition) is 6. The van der Waals surface area contributed by atoms with Crippen LogP contribution in [-0.2, 0) is 5.75 Å². The van der Waals surface area contributed by atoms with E-state index in [4.69, 9.17) is 11.6 Å². The highest BCUT2D eigenvalue weighted by Crippen LogP contribution is 2.46. The predicted octanol–water partition coefficient (Wildman–Crippen LogP) is 3.29. The standard InChI is InChI=1S/C11H12ClN5S2/c12-9-8(13-16-19-9)5-18-11-15-14-10(6-1-2-6)17(11)7-3-4-7/h6-7H,1-5H2. The topological polar surface area (TPSA) is 56.5 Å². The molecule has 0 saturated heterocycles. The van der Waals surface area contributed by atoms with E-state index < -0.39 is 0 Å². The fourth-order valence-electron chi connectivity index (χ4n) is 2.10. The second-order valence-corrected chi connectivity index (χ2v) is 7.30. The van der Waals surface area contributed by atoms with E-state index in [0.29, 0.717) is 22.0 Å². The van der Waals surface area contributed by atoms with Gasteiger partial charge in [0.05, 0.1) is 0 Å². The first-order valence-electron chi connectivity index (χ1n) is 6.37. The molecule has 2 aromatic heterocycles. The van der Waals surface area contributed by atoms with Crippen LogP contribution >= 0.6 is 34.9 Å². The molecule has 2 fully saturated rings. The Bertz CT molecular complexity index is 602. The van der Waals surface area contributed by atoms with Gasteiger partial charge in [-0.15, -0.1) is 15.3 Å². The number of aromatic nitrogens is 5. The molecule has 0 amide bonds. The zero-order chi connectivity index (χ0) is 12.8. The Balaban J connectivity index is 1.55. The Morgan fingerprint density at radius 2 is 2.05 bits per heavy atom. The van der Waals surface area contributed by atoms with E-state index in [1.807, 2.05) is 0 Å². The minimum Gasteiger partial charge on any atom is -0.303 e. The maximum Gasteiger partial charge on any atom is 0.191 e. The summed E-state index contributed by atoms with van der Waals surface area (Å²) in [5.41, 5.74) is 0.843. The van der Waals surface area contributed by atoms with Crippen molar-refractivity contribution in [2.75, 3.05) is 0 Å². The molecule has 2 heterocycles. The fraction of sp³-hybridized carbons (Fsp3) is 0.636. The molecular weight excluding hydrogens is 302 g/mol. The molecule has 2 saturated carbocycles. The van der Waals surface area contributed by atoms with Gasteiger partial charge >= 0.3 is 0 Å². The maximum absolute atomic E-state index is 6.02. The van der Waals surface area contributed by atoms with Crippen molar-refractivity contribution in [1.29, 1.82) is 0 Å². The molecule has 0 spiro atoms. The van der Waals surface area contributed by atoms with Gasteiger partial charge in [0.15, 0.2) is 5.16 Å². The zero-order valence-corrected chi connectivity index (χ0v) is 12.5. The van der Waals surface area contributed by atoms with Crippen LogP contribution in [0.2, 0.25) is 4.34 Å². The normalized spacial score (nSPS) is 19.0. The summed E-state index contributed by atoms with van der Waals surface area (Å²) in [7, 11) is 0. The second kappa shape index (κ2) is 4.71. The van der Waals surface area contributed by atoms with Crippen molar-refractivity contribution in [3.63, 3.8) is 0 Å². The molecule has 2 aliphatic carbocycles. The van der Waals surface area contributed by atoms with Gasteiger partial charge in [0.1, 0.15) is 15.9 Å². The first-order chi connectivity index (χ1) is 9.33. The van der Waals surface area contributed by atoms with Gasteiger partial charge in [-0.1, -0.05) is 27.9 Å². The third kappa shape index (κ3) is 2.39. The van der Waals surface area contributed by atoms with Gasteiger partial charge < -0.3 is 4.57 Å². The lowest BCUT2D eigenvalue weighted by Crippen LogP contribution is -2.02. The lowest BCUT2D eigenvalue weighted by atomic mass is 10.4. The highest BCUT2D eigenvalue weighted by atomic mass is 35.5. The van der Waals surface area contributed by atoms with Crippen molar-refractivity contribution in [3.05, 3.63) is 15.9 Å². The Kier molecular flexibility index (Phi) is 3.00. The number of thioether (sulfide) groups is 1. The molecule has 5 nitrogen and oxygen atoms in total. The van der Waals surface area contributed by atoms with Crippen LogP contribution in [0.3, 0.4) is 0 Å². The van der Waals surface area contributed by atoms with Gasteiger partial charge in [0, 0.05) is 29.2 Å². The van der Waals surface area contributed by atoms with Crippen LogP contribution < -0.4 is 0 Å². The van der Waals surface area contributed by atoms with Crippen LogP contribution in [-0.4, -0.2) is 24.4 Å². The van der Waals surface area contributed by atoms with Crippen molar-refractivity contribution < 1.29 is 0 Å².